The van der Waals surface area contributed by atoms with Crippen LogP contribution in [0.25, 0.3) is 0 Å². The van der Waals surface area contributed by atoms with Gasteiger partial charge >= 0.3 is 0 Å². The summed E-state index contributed by atoms with van der Waals surface area (Å²) in [4.78, 5) is 19.7. The summed E-state index contributed by atoms with van der Waals surface area (Å²) >= 11 is 0. The fourth-order valence-electron chi connectivity index (χ4n) is 4.15. The normalized spacial score (nSPS) is 20.1. The summed E-state index contributed by atoms with van der Waals surface area (Å²) in [5, 5.41) is 0. The van der Waals surface area contributed by atoms with E-state index >= 15 is 0 Å². The zero-order valence-corrected chi connectivity index (χ0v) is 16.6. The Kier molecular flexibility index (Phi) is 5.81. The molecule has 0 aromatic heterocycles. The number of morpholine rings is 1. The van der Waals surface area contributed by atoms with Gasteiger partial charge in [-0.05, 0) is 49.2 Å². The largest absolute Gasteiger partial charge is 0.378 e. The van der Waals surface area contributed by atoms with Gasteiger partial charge in [0.25, 0.3) is 5.91 Å². The van der Waals surface area contributed by atoms with Crippen molar-refractivity contribution in [3.05, 3.63) is 60.2 Å². The smallest absolute Gasteiger partial charge is 0.253 e. The molecule has 2 fully saturated rings. The van der Waals surface area contributed by atoms with Gasteiger partial charge in [0, 0.05) is 56.2 Å². The third-order valence-corrected chi connectivity index (χ3v) is 5.89. The van der Waals surface area contributed by atoms with E-state index in [1.54, 1.807) is 0 Å². The van der Waals surface area contributed by atoms with Gasteiger partial charge < -0.3 is 19.4 Å². The molecule has 1 atom stereocenters. The summed E-state index contributed by atoms with van der Waals surface area (Å²) in [6.07, 6.45) is 2.16. The molecule has 0 spiro atoms. The van der Waals surface area contributed by atoms with Gasteiger partial charge in [-0.15, -0.1) is 0 Å². The maximum Gasteiger partial charge on any atom is 0.253 e. The minimum Gasteiger partial charge on any atom is -0.378 e. The summed E-state index contributed by atoms with van der Waals surface area (Å²) < 4.78 is 5.42. The predicted octanol–water partition coefficient (Wildman–Crippen LogP) is 3.26. The standard InChI is InChI=1S/C23H29N3O2/c1-24(20-6-3-2-4-7-20)22-8-5-13-26(18-22)23(27)19-9-11-21(12-10-19)25-14-16-28-17-15-25/h2-4,6-7,9-12,22H,5,8,13-18H2,1H3/t22-/m1/s1. The predicted molar refractivity (Wildman–Crippen MR) is 113 cm³/mol. The fourth-order valence-corrected chi connectivity index (χ4v) is 4.15. The summed E-state index contributed by atoms with van der Waals surface area (Å²) in [6.45, 7) is 4.97. The maximum absolute atomic E-state index is 13.1. The van der Waals surface area contributed by atoms with E-state index < -0.39 is 0 Å². The highest BCUT2D eigenvalue weighted by atomic mass is 16.5. The average molecular weight is 380 g/mol. The first-order chi connectivity index (χ1) is 13.7. The molecule has 4 rings (SSSR count). The fraction of sp³-hybridized carbons (Fsp3) is 0.435. The van der Waals surface area contributed by atoms with Crippen molar-refractivity contribution in [1.29, 1.82) is 0 Å². The van der Waals surface area contributed by atoms with Crippen LogP contribution in [0.2, 0.25) is 0 Å². The second-order valence-corrected chi connectivity index (χ2v) is 7.64. The van der Waals surface area contributed by atoms with Crippen LogP contribution in [0.5, 0.6) is 0 Å². The van der Waals surface area contributed by atoms with Crippen LogP contribution in [0.3, 0.4) is 0 Å². The molecular formula is C23H29N3O2. The third kappa shape index (κ3) is 4.14. The Hall–Kier alpha value is -2.53. The Morgan fingerprint density at radius 2 is 1.71 bits per heavy atom. The second kappa shape index (κ2) is 8.65. The number of ether oxygens (including phenoxy) is 1. The van der Waals surface area contributed by atoms with Crippen molar-refractivity contribution in [2.24, 2.45) is 0 Å². The number of anilines is 2. The molecule has 5 nitrogen and oxygen atoms in total. The quantitative estimate of drug-likeness (QED) is 0.817. The van der Waals surface area contributed by atoms with E-state index in [1.807, 2.05) is 23.1 Å². The molecule has 5 heteroatoms. The summed E-state index contributed by atoms with van der Waals surface area (Å²) in [7, 11) is 2.13. The highest BCUT2D eigenvalue weighted by Gasteiger charge is 2.27. The van der Waals surface area contributed by atoms with Gasteiger partial charge in [0.15, 0.2) is 0 Å². The molecule has 2 saturated heterocycles. The molecule has 2 aromatic carbocycles. The number of para-hydroxylation sites is 1. The minimum atomic E-state index is 0.139. The molecule has 0 radical (unpaired) electrons. The number of nitrogens with zero attached hydrogens (tertiary/aromatic N) is 3. The summed E-state index contributed by atoms with van der Waals surface area (Å²) in [5.41, 5.74) is 3.15. The molecule has 2 aliphatic rings. The van der Waals surface area contributed by atoms with Gasteiger partial charge in [0.1, 0.15) is 0 Å². The van der Waals surface area contributed by atoms with Crippen LogP contribution in [0.1, 0.15) is 23.2 Å². The number of hydrogen-bond acceptors (Lipinski definition) is 4. The molecule has 0 bridgehead atoms. The number of carbonyl (C=O) groups excluding carboxylic acids is 1. The second-order valence-electron chi connectivity index (χ2n) is 7.64. The molecule has 1 amide bonds. The monoisotopic (exact) mass is 379 g/mol. The van der Waals surface area contributed by atoms with Crippen molar-refractivity contribution in [1.82, 2.24) is 4.90 Å². The van der Waals surface area contributed by atoms with E-state index in [2.05, 4.69) is 53.2 Å². The van der Waals surface area contributed by atoms with Crippen molar-refractivity contribution in [2.75, 3.05) is 56.2 Å². The van der Waals surface area contributed by atoms with E-state index in [4.69, 9.17) is 4.74 Å². The number of carbonyl (C=O) groups is 1. The van der Waals surface area contributed by atoms with Crippen molar-refractivity contribution in [2.45, 2.75) is 18.9 Å². The lowest BCUT2D eigenvalue weighted by Crippen LogP contribution is -2.48. The maximum atomic E-state index is 13.1. The Morgan fingerprint density at radius 1 is 1.00 bits per heavy atom. The lowest BCUT2D eigenvalue weighted by Gasteiger charge is -2.38. The van der Waals surface area contributed by atoms with Crippen LogP contribution in [-0.2, 0) is 4.74 Å². The third-order valence-electron chi connectivity index (χ3n) is 5.89. The van der Waals surface area contributed by atoms with E-state index in [-0.39, 0.29) is 5.91 Å². The molecular weight excluding hydrogens is 350 g/mol. The lowest BCUT2D eigenvalue weighted by atomic mass is 10.0. The first-order valence-corrected chi connectivity index (χ1v) is 10.2. The molecule has 2 aromatic rings. The molecule has 0 N–H and O–H groups in total. The summed E-state index contributed by atoms with van der Waals surface area (Å²) in [6, 6.07) is 18.8. The highest BCUT2D eigenvalue weighted by Crippen LogP contribution is 2.23. The van der Waals surface area contributed by atoms with Gasteiger partial charge in [-0.2, -0.15) is 0 Å². The Balaban J connectivity index is 1.41. The zero-order valence-electron chi connectivity index (χ0n) is 16.6. The number of likely N-dealkylation sites (N-methyl/N-ethyl adjacent to an activating group) is 1. The van der Waals surface area contributed by atoms with E-state index in [9.17, 15) is 4.79 Å². The van der Waals surface area contributed by atoms with Gasteiger partial charge in [-0.3, -0.25) is 4.79 Å². The van der Waals surface area contributed by atoms with Gasteiger partial charge in [-0.25, -0.2) is 0 Å². The number of benzene rings is 2. The Labute approximate surface area is 167 Å². The summed E-state index contributed by atoms with van der Waals surface area (Å²) in [5.74, 6) is 0.139. The molecule has 2 aliphatic heterocycles. The lowest BCUT2D eigenvalue weighted by molar-refractivity contribution is 0.0707. The van der Waals surface area contributed by atoms with Crippen molar-refractivity contribution in [3.8, 4) is 0 Å². The van der Waals surface area contributed by atoms with Crippen LogP contribution in [0.4, 0.5) is 11.4 Å². The molecule has 148 valence electrons. The zero-order chi connectivity index (χ0) is 19.3. The van der Waals surface area contributed by atoms with Crippen LogP contribution in [0, 0.1) is 0 Å². The number of piperidine rings is 1. The highest BCUT2D eigenvalue weighted by molar-refractivity contribution is 5.94. The minimum absolute atomic E-state index is 0.139. The van der Waals surface area contributed by atoms with E-state index in [1.165, 1.54) is 11.4 Å². The molecule has 0 unspecified atom stereocenters. The van der Waals surface area contributed by atoms with Crippen molar-refractivity contribution < 1.29 is 9.53 Å². The number of likely N-dealkylation sites (tertiary alicyclic amines) is 1. The topological polar surface area (TPSA) is 36.0 Å². The number of hydrogen-bond donors (Lipinski definition) is 0. The van der Waals surface area contributed by atoms with Crippen molar-refractivity contribution >= 4 is 17.3 Å². The Bertz CT molecular complexity index is 772. The molecule has 0 saturated carbocycles. The van der Waals surface area contributed by atoms with Crippen LogP contribution in [-0.4, -0.2) is 63.3 Å². The van der Waals surface area contributed by atoms with Crippen LogP contribution >= 0.6 is 0 Å². The van der Waals surface area contributed by atoms with Crippen molar-refractivity contribution in [3.63, 3.8) is 0 Å². The number of amides is 1. The Morgan fingerprint density at radius 3 is 2.43 bits per heavy atom. The average Bonchev–Trinajstić information content (AvgIpc) is 2.79. The first kappa shape index (κ1) is 18.8. The van der Waals surface area contributed by atoms with Gasteiger partial charge in [0.2, 0.25) is 0 Å². The molecule has 28 heavy (non-hydrogen) atoms. The number of rotatable bonds is 4. The molecule has 0 aliphatic carbocycles. The van der Waals surface area contributed by atoms with E-state index in [0.717, 1.165) is 57.8 Å². The van der Waals surface area contributed by atoms with E-state index in [0.29, 0.717) is 6.04 Å². The van der Waals surface area contributed by atoms with Crippen LogP contribution in [0.15, 0.2) is 54.6 Å². The van der Waals surface area contributed by atoms with Gasteiger partial charge in [-0.1, -0.05) is 18.2 Å². The van der Waals surface area contributed by atoms with Crippen LogP contribution < -0.4 is 9.80 Å². The SMILES string of the molecule is CN(c1ccccc1)[C@@H]1CCCN(C(=O)c2ccc(N3CCOCC3)cc2)C1. The molecule has 2 heterocycles. The first-order valence-electron chi connectivity index (χ1n) is 10.2. The van der Waals surface area contributed by atoms with Gasteiger partial charge in [0.05, 0.1) is 13.2 Å².